The fraction of sp³-hybridized carbons (Fsp3) is 0.500. The zero-order valence-corrected chi connectivity index (χ0v) is 11.7. The Kier molecular flexibility index (Phi) is 4.19. The Morgan fingerprint density at radius 3 is 2.50 bits per heavy atom. The molecular weight excluding hydrogens is 246 g/mol. The normalized spacial score (nSPS) is 10.6. The van der Waals surface area contributed by atoms with Gasteiger partial charge in [0.15, 0.2) is 0 Å². The molecule has 0 bridgehead atoms. The Balaban J connectivity index is 2.05. The van der Waals surface area contributed by atoms with E-state index in [0.29, 0.717) is 12.5 Å². The van der Waals surface area contributed by atoms with E-state index >= 15 is 0 Å². The van der Waals surface area contributed by atoms with E-state index in [4.69, 9.17) is 0 Å². The Morgan fingerprint density at radius 2 is 1.89 bits per heavy atom. The first-order chi connectivity index (χ1) is 8.72. The van der Waals surface area contributed by atoms with Gasteiger partial charge in [-0.05, 0) is 19.8 Å². The lowest BCUT2D eigenvalue weighted by Crippen LogP contribution is -2.09. The number of nitrogens with zero attached hydrogens (tertiary/aromatic N) is 4. The standard InChI is InChI=1S/C12H17N5S/c1-4-9-10(5-2)16-17-12(15-9)13-6-11-14-8(3)7-18-11/h7H,4-6H2,1-3H3,(H,13,15,17). The minimum absolute atomic E-state index is 0.580. The van der Waals surface area contributed by atoms with Crippen LogP contribution in [0.25, 0.3) is 0 Å². The van der Waals surface area contributed by atoms with Crippen molar-refractivity contribution in [2.24, 2.45) is 0 Å². The first-order valence-corrected chi connectivity index (χ1v) is 6.98. The average molecular weight is 263 g/mol. The molecule has 5 nitrogen and oxygen atoms in total. The van der Waals surface area contributed by atoms with Gasteiger partial charge < -0.3 is 5.32 Å². The second-order valence-corrected chi connectivity index (χ2v) is 4.91. The van der Waals surface area contributed by atoms with E-state index in [0.717, 1.165) is 34.9 Å². The van der Waals surface area contributed by atoms with Crippen molar-refractivity contribution in [1.29, 1.82) is 0 Å². The van der Waals surface area contributed by atoms with Gasteiger partial charge in [-0.25, -0.2) is 9.97 Å². The summed E-state index contributed by atoms with van der Waals surface area (Å²) in [6.45, 7) is 6.78. The largest absolute Gasteiger partial charge is 0.346 e. The number of aromatic nitrogens is 4. The minimum atomic E-state index is 0.580. The molecule has 0 atom stereocenters. The van der Waals surface area contributed by atoms with Crippen LogP contribution in [0.5, 0.6) is 0 Å². The van der Waals surface area contributed by atoms with Crippen LogP contribution < -0.4 is 5.32 Å². The molecule has 0 radical (unpaired) electrons. The molecule has 0 saturated heterocycles. The maximum atomic E-state index is 4.48. The smallest absolute Gasteiger partial charge is 0.243 e. The van der Waals surface area contributed by atoms with Gasteiger partial charge in [-0.1, -0.05) is 13.8 Å². The number of thiazole rings is 1. The van der Waals surface area contributed by atoms with Crippen molar-refractivity contribution in [1.82, 2.24) is 20.2 Å². The summed E-state index contributed by atoms with van der Waals surface area (Å²) in [5, 5.41) is 14.5. The lowest BCUT2D eigenvalue weighted by Gasteiger charge is -2.06. The molecule has 0 aliphatic heterocycles. The van der Waals surface area contributed by atoms with Crippen LogP contribution in [0.4, 0.5) is 5.95 Å². The molecule has 2 aromatic heterocycles. The van der Waals surface area contributed by atoms with Gasteiger partial charge in [-0.3, -0.25) is 0 Å². The molecule has 0 spiro atoms. The quantitative estimate of drug-likeness (QED) is 0.897. The van der Waals surface area contributed by atoms with Crippen molar-refractivity contribution in [2.45, 2.75) is 40.2 Å². The Hall–Kier alpha value is -1.56. The number of hydrogen-bond donors (Lipinski definition) is 1. The van der Waals surface area contributed by atoms with Gasteiger partial charge >= 0.3 is 0 Å². The van der Waals surface area contributed by atoms with Crippen molar-refractivity contribution in [3.05, 3.63) is 27.5 Å². The predicted octanol–water partition coefficient (Wildman–Crippen LogP) is 2.37. The van der Waals surface area contributed by atoms with Gasteiger partial charge in [-0.15, -0.1) is 16.4 Å². The summed E-state index contributed by atoms with van der Waals surface area (Å²) in [5.41, 5.74) is 3.05. The average Bonchev–Trinajstić information content (AvgIpc) is 2.81. The molecule has 2 heterocycles. The minimum Gasteiger partial charge on any atom is -0.346 e. The van der Waals surface area contributed by atoms with Crippen LogP contribution in [-0.2, 0) is 19.4 Å². The second-order valence-electron chi connectivity index (χ2n) is 3.97. The fourth-order valence-electron chi connectivity index (χ4n) is 1.65. The third kappa shape index (κ3) is 3.01. The molecule has 0 unspecified atom stereocenters. The van der Waals surface area contributed by atoms with E-state index < -0.39 is 0 Å². The van der Waals surface area contributed by atoms with Crippen molar-refractivity contribution in [2.75, 3.05) is 5.32 Å². The third-order valence-electron chi connectivity index (χ3n) is 2.57. The van der Waals surface area contributed by atoms with E-state index in [2.05, 4.69) is 39.3 Å². The summed E-state index contributed by atoms with van der Waals surface area (Å²) in [7, 11) is 0. The van der Waals surface area contributed by atoms with Gasteiger partial charge in [0.05, 0.1) is 17.9 Å². The molecule has 0 aromatic carbocycles. The van der Waals surface area contributed by atoms with Crippen molar-refractivity contribution >= 4 is 17.3 Å². The van der Waals surface area contributed by atoms with E-state index in [9.17, 15) is 0 Å². The van der Waals surface area contributed by atoms with Crippen molar-refractivity contribution in [3.63, 3.8) is 0 Å². The maximum Gasteiger partial charge on any atom is 0.243 e. The van der Waals surface area contributed by atoms with E-state index in [1.54, 1.807) is 11.3 Å². The highest BCUT2D eigenvalue weighted by Crippen LogP contribution is 2.11. The summed E-state index contributed by atoms with van der Waals surface area (Å²) in [6.07, 6.45) is 1.75. The monoisotopic (exact) mass is 263 g/mol. The van der Waals surface area contributed by atoms with Crippen LogP contribution in [-0.4, -0.2) is 20.2 Å². The third-order valence-corrected chi connectivity index (χ3v) is 3.54. The number of hydrogen-bond acceptors (Lipinski definition) is 6. The predicted molar refractivity (Wildman–Crippen MR) is 72.8 cm³/mol. The first kappa shape index (κ1) is 12.9. The highest BCUT2D eigenvalue weighted by Gasteiger charge is 2.06. The molecule has 18 heavy (non-hydrogen) atoms. The lowest BCUT2D eigenvalue weighted by molar-refractivity contribution is 0.819. The molecule has 0 amide bonds. The molecule has 0 saturated carbocycles. The maximum absolute atomic E-state index is 4.48. The first-order valence-electron chi connectivity index (χ1n) is 6.10. The lowest BCUT2D eigenvalue weighted by atomic mass is 10.2. The van der Waals surface area contributed by atoms with E-state index in [1.165, 1.54) is 0 Å². The van der Waals surface area contributed by atoms with Gasteiger partial charge in [-0.2, -0.15) is 5.10 Å². The van der Waals surface area contributed by atoms with E-state index in [1.807, 2.05) is 12.3 Å². The van der Waals surface area contributed by atoms with Crippen molar-refractivity contribution in [3.8, 4) is 0 Å². The zero-order chi connectivity index (χ0) is 13.0. The summed E-state index contributed by atoms with van der Waals surface area (Å²) in [5.74, 6) is 0.580. The van der Waals surface area contributed by atoms with E-state index in [-0.39, 0.29) is 0 Å². The molecule has 2 rings (SSSR count). The van der Waals surface area contributed by atoms with Gasteiger partial charge in [0.2, 0.25) is 5.95 Å². The van der Waals surface area contributed by atoms with Crippen LogP contribution in [0.2, 0.25) is 0 Å². The summed E-state index contributed by atoms with van der Waals surface area (Å²) in [6, 6.07) is 0. The molecular formula is C12H17N5S. The van der Waals surface area contributed by atoms with Crippen LogP contribution >= 0.6 is 11.3 Å². The van der Waals surface area contributed by atoms with Crippen molar-refractivity contribution < 1.29 is 0 Å². The number of rotatable bonds is 5. The SMILES string of the molecule is CCc1nnc(NCc2nc(C)cs2)nc1CC. The van der Waals surface area contributed by atoms with Crippen LogP contribution in [0.1, 0.15) is 35.9 Å². The van der Waals surface area contributed by atoms with Crippen LogP contribution in [0.3, 0.4) is 0 Å². The zero-order valence-electron chi connectivity index (χ0n) is 10.9. The molecule has 0 aliphatic rings. The Bertz CT molecular complexity index is 523. The van der Waals surface area contributed by atoms with Crippen LogP contribution in [0.15, 0.2) is 5.38 Å². The molecule has 1 N–H and O–H groups in total. The Morgan fingerprint density at radius 1 is 1.11 bits per heavy atom. The highest BCUT2D eigenvalue weighted by molar-refractivity contribution is 7.09. The summed E-state index contributed by atoms with van der Waals surface area (Å²) >= 11 is 1.64. The molecule has 96 valence electrons. The number of anilines is 1. The summed E-state index contributed by atoms with van der Waals surface area (Å²) < 4.78 is 0. The molecule has 2 aromatic rings. The molecule has 0 aliphatic carbocycles. The molecule has 0 fully saturated rings. The topological polar surface area (TPSA) is 63.6 Å². The number of nitrogens with one attached hydrogen (secondary N) is 1. The van der Waals surface area contributed by atoms with Crippen LogP contribution in [0, 0.1) is 6.92 Å². The van der Waals surface area contributed by atoms with Gasteiger partial charge in [0.1, 0.15) is 5.01 Å². The second kappa shape index (κ2) is 5.86. The molecule has 6 heteroatoms. The Labute approximate surface area is 111 Å². The fourth-order valence-corrected chi connectivity index (χ4v) is 2.36. The highest BCUT2D eigenvalue weighted by atomic mass is 32.1. The van der Waals surface area contributed by atoms with Gasteiger partial charge in [0.25, 0.3) is 0 Å². The number of aryl methyl sites for hydroxylation is 3. The van der Waals surface area contributed by atoms with Gasteiger partial charge in [0, 0.05) is 11.1 Å². The summed E-state index contributed by atoms with van der Waals surface area (Å²) in [4.78, 5) is 8.86.